The van der Waals surface area contributed by atoms with Gasteiger partial charge in [-0.15, -0.1) is 0 Å². The van der Waals surface area contributed by atoms with Crippen molar-refractivity contribution in [3.05, 3.63) is 17.7 Å². The molecule has 0 aliphatic carbocycles. The third kappa shape index (κ3) is 5.30. The van der Waals surface area contributed by atoms with Crippen molar-refractivity contribution >= 4 is 23.4 Å². The molecule has 0 aliphatic rings. The number of nitrogens with one attached hydrogen (secondary N) is 1. The van der Waals surface area contributed by atoms with Crippen LogP contribution in [0.2, 0.25) is 0 Å². The number of rotatable bonds is 7. The molecule has 0 spiro atoms. The minimum Gasteiger partial charge on any atom is -0.370 e. The van der Waals surface area contributed by atoms with Crippen LogP contribution in [-0.4, -0.2) is 36.6 Å². The molecule has 0 saturated carbocycles. The van der Waals surface area contributed by atoms with Gasteiger partial charge in [0.25, 0.3) is 0 Å². The van der Waals surface area contributed by atoms with E-state index in [1.165, 1.54) is 0 Å². The zero-order valence-electron chi connectivity index (χ0n) is 12.8. The van der Waals surface area contributed by atoms with Gasteiger partial charge in [-0.1, -0.05) is 0 Å². The summed E-state index contributed by atoms with van der Waals surface area (Å²) in [6, 6.07) is 2.28. The van der Waals surface area contributed by atoms with Crippen molar-refractivity contribution in [2.75, 3.05) is 35.8 Å². The largest absolute Gasteiger partial charge is 0.416 e. The molecule has 1 atom stereocenters. The quantitative estimate of drug-likeness (QED) is 0.818. The Morgan fingerprint density at radius 3 is 2.57 bits per heavy atom. The van der Waals surface area contributed by atoms with E-state index in [0.717, 1.165) is 24.3 Å². The summed E-state index contributed by atoms with van der Waals surface area (Å²) in [4.78, 5) is 6.07. The highest BCUT2D eigenvalue weighted by atomic mass is 32.2. The Bertz CT molecular complexity index is 452. The first-order valence-electron chi connectivity index (χ1n) is 6.84. The van der Waals surface area contributed by atoms with Gasteiger partial charge in [-0.3, -0.25) is 0 Å². The summed E-state index contributed by atoms with van der Waals surface area (Å²) in [5, 5.41) is 2.86. The maximum Gasteiger partial charge on any atom is 0.416 e. The normalized spacial score (nSPS) is 13.1. The van der Waals surface area contributed by atoms with Crippen molar-refractivity contribution < 1.29 is 13.2 Å². The van der Waals surface area contributed by atoms with Crippen molar-refractivity contribution in [1.29, 1.82) is 0 Å². The fourth-order valence-electron chi connectivity index (χ4n) is 1.84. The second-order valence-electron chi connectivity index (χ2n) is 4.87. The van der Waals surface area contributed by atoms with Crippen LogP contribution < -0.4 is 10.2 Å². The van der Waals surface area contributed by atoms with E-state index >= 15 is 0 Å². The summed E-state index contributed by atoms with van der Waals surface area (Å²) in [7, 11) is 1.78. The van der Waals surface area contributed by atoms with Gasteiger partial charge in [0, 0.05) is 19.6 Å². The maximum absolute atomic E-state index is 13.0. The Morgan fingerprint density at radius 2 is 2.05 bits per heavy atom. The van der Waals surface area contributed by atoms with E-state index in [0.29, 0.717) is 12.4 Å². The van der Waals surface area contributed by atoms with Crippen LogP contribution in [0.25, 0.3) is 0 Å². The van der Waals surface area contributed by atoms with Gasteiger partial charge in [-0.2, -0.15) is 24.9 Å². The molecule has 0 saturated heterocycles. The Morgan fingerprint density at radius 1 is 1.38 bits per heavy atom. The Hall–Kier alpha value is -1.11. The summed E-state index contributed by atoms with van der Waals surface area (Å²) >= 11 is 1.72. The summed E-state index contributed by atoms with van der Waals surface area (Å²) in [6.45, 7) is 4.34. The first-order valence-corrected chi connectivity index (χ1v) is 8.23. The molecule has 1 unspecified atom stereocenters. The number of nitrogens with zero attached hydrogens (tertiary/aromatic N) is 2. The molecule has 0 bridgehead atoms. The average molecular weight is 321 g/mol. The van der Waals surface area contributed by atoms with Crippen LogP contribution >= 0.6 is 11.8 Å². The molecule has 120 valence electrons. The topological polar surface area (TPSA) is 28.2 Å². The average Bonchev–Trinajstić information content (AvgIpc) is 2.43. The molecule has 1 N–H and O–H groups in total. The molecule has 21 heavy (non-hydrogen) atoms. The third-order valence-electron chi connectivity index (χ3n) is 3.26. The van der Waals surface area contributed by atoms with Crippen molar-refractivity contribution in [1.82, 2.24) is 4.98 Å². The van der Waals surface area contributed by atoms with Gasteiger partial charge < -0.3 is 10.2 Å². The van der Waals surface area contributed by atoms with Crippen molar-refractivity contribution in [2.24, 2.45) is 0 Å². The second kappa shape index (κ2) is 7.77. The lowest BCUT2D eigenvalue weighted by atomic mass is 10.2. The fourth-order valence-corrected chi connectivity index (χ4v) is 2.42. The summed E-state index contributed by atoms with van der Waals surface area (Å²) in [6.07, 6.45) is -1.46. The van der Waals surface area contributed by atoms with Gasteiger partial charge in [0.1, 0.15) is 11.6 Å². The van der Waals surface area contributed by atoms with Crippen LogP contribution in [0.3, 0.4) is 0 Å². The van der Waals surface area contributed by atoms with E-state index in [2.05, 4.69) is 10.3 Å². The molecule has 1 heterocycles. The van der Waals surface area contributed by atoms with Gasteiger partial charge in [0.15, 0.2) is 0 Å². The summed E-state index contributed by atoms with van der Waals surface area (Å²) in [5.74, 6) is 1.56. The lowest BCUT2D eigenvalue weighted by molar-refractivity contribution is -0.137. The lowest BCUT2D eigenvalue weighted by Crippen LogP contribution is -2.30. The Balaban J connectivity index is 3.07. The van der Waals surface area contributed by atoms with Gasteiger partial charge >= 0.3 is 6.18 Å². The zero-order valence-corrected chi connectivity index (χ0v) is 13.6. The van der Waals surface area contributed by atoms with Crippen LogP contribution in [0, 0.1) is 0 Å². The molecule has 0 aliphatic heterocycles. The molecular weight excluding hydrogens is 299 g/mol. The summed E-state index contributed by atoms with van der Waals surface area (Å²) in [5.41, 5.74) is -0.674. The van der Waals surface area contributed by atoms with E-state index in [4.69, 9.17) is 0 Å². The molecule has 7 heteroatoms. The lowest BCUT2D eigenvalue weighted by Gasteiger charge is -2.27. The number of aromatic nitrogens is 1. The third-order valence-corrected chi connectivity index (χ3v) is 3.90. The van der Waals surface area contributed by atoms with Gasteiger partial charge in [-0.25, -0.2) is 4.98 Å². The Kier molecular flexibility index (Phi) is 6.64. The predicted octanol–water partition coefficient (Wildman–Crippen LogP) is 4.11. The van der Waals surface area contributed by atoms with Gasteiger partial charge in [0.05, 0.1) is 5.56 Å². The number of thioether (sulfide) groups is 1. The van der Waals surface area contributed by atoms with Crippen LogP contribution in [-0.2, 0) is 6.18 Å². The van der Waals surface area contributed by atoms with Crippen LogP contribution in [0.5, 0.6) is 0 Å². The smallest absolute Gasteiger partial charge is 0.370 e. The number of halogens is 3. The second-order valence-corrected chi connectivity index (χ2v) is 5.85. The number of pyridine rings is 1. The molecular formula is C14H22F3N3S. The van der Waals surface area contributed by atoms with Gasteiger partial charge in [-0.05, 0) is 44.4 Å². The van der Waals surface area contributed by atoms with E-state index in [1.807, 2.05) is 20.1 Å². The highest BCUT2D eigenvalue weighted by molar-refractivity contribution is 7.98. The molecule has 0 aromatic carbocycles. The molecule has 1 aromatic rings. The molecule has 0 radical (unpaired) electrons. The number of hydrogen-bond acceptors (Lipinski definition) is 4. The predicted molar refractivity (Wildman–Crippen MR) is 84.3 cm³/mol. The molecule has 3 nitrogen and oxygen atoms in total. The van der Waals surface area contributed by atoms with Crippen molar-refractivity contribution in [2.45, 2.75) is 32.5 Å². The minimum absolute atomic E-state index is 0.128. The minimum atomic E-state index is -4.37. The molecule has 1 aromatic heterocycles. The highest BCUT2D eigenvalue weighted by Crippen LogP contribution is 2.33. The first kappa shape index (κ1) is 17.9. The number of anilines is 2. The highest BCUT2D eigenvalue weighted by Gasteiger charge is 2.32. The Labute approximate surface area is 128 Å². The molecule has 0 fully saturated rings. The zero-order chi connectivity index (χ0) is 16.0. The van der Waals surface area contributed by atoms with Crippen LogP contribution in [0.1, 0.15) is 25.8 Å². The van der Waals surface area contributed by atoms with Crippen molar-refractivity contribution in [3.8, 4) is 0 Å². The van der Waals surface area contributed by atoms with E-state index in [-0.39, 0.29) is 11.9 Å². The van der Waals surface area contributed by atoms with E-state index in [1.54, 1.807) is 23.7 Å². The van der Waals surface area contributed by atoms with E-state index < -0.39 is 11.7 Å². The van der Waals surface area contributed by atoms with E-state index in [9.17, 15) is 13.2 Å². The van der Waals surface area contributed by atoms with Gasteiger partial charge in [0.2, 0.25) is 0 Å². The van der Waals surface area contributed by atoms with Crippen LogP contribution in [0.15, 0.2) is 12.1 Å². The molecule has 0 amide bonds. The maximum atomic E-state index is 13.0. The number of hydrogen-bond donors (Lipinski definition) is 1. The molecule has 1 rings (SSSR count). The van der Waals surface area contributed by atoms with Crippen LogP contribution in [0.4, 0.5) is 24.8 Å². The SMILES string of the molecule is CCNc1cc(C(F)(F)F)cc(N(C)C(C)CCSC)n1. The monoisotopic (exact) mass is 321 g/mol. The standard InChI is InChI=1S/C14H22F3N3S/c1-5-18-12-8-11(14(15,16)17)9-13(19-12)20(3)10(2)6-7-21-4/h8-10H,5-7H2,1-4H3,(H,18,19). The number of alkyl halides is 3. The fraction of sp³-hybridized carbons (Fsp3) is 0.643. The first-order chi connectivity index (χ1) is 9.79. The summed E-state index contributed by atoms with van der Waals surface area (Å²) < 4.78 is 38.9. The van der Waals surface area contributed by atoms with Crippen molar-refractivity contribution in [3.63, 3.8) is 0 Å².